The van der Waals surface area contributed by atoms with E-state index in [1.165, 1.54) is 6.07 Å². The van der Waals surface area contributed by atoms with Crippen LogP contribution >= 0.6 is 27.3 Å². The molecule has 1 aromatic carbocycles. The minimum Gasteiger partial charge on any atom is -0.477 e. The zero-order chi connectivity index (χ0) is 13.5. The Balaban J connectivity index is 2.57. The molecule has 1 heterocycles. The van der Waals surface area contributed by atoms with Crippen LogP contribution in [0.4, 0.5) is 5.69 Å². The molecular formula is C10H8BrNO4S2. The zero-order valence-electron chi connectivity index (χ0n) is 9.10. The van der Waals surface area contributed by atoms with Crippen LogP contribution in [0.3, 0.4) is 0 Å². The van der Waals surface area contributed by atoms with Crippen molar-refractivity contribution in [3.8, 4) is 0 Å². The van der Waals surface area contributed by atoms with Crippen molar-refractivity contribution in [3.63, 3.8) is 0 Å². The van der Waals surface area contributed by atoms with Crippen molar-refractivity contribution < 1.29 is 18.3 Å². The third-order valence-electron chi connectivity index (χ3n) is 2.11. The summed E-state index contributed by atoms with van der Waals surface area (Å²) in [6.07, 6.45) is 1.06. The third kappa shape index (κ3) is 2.82. The number of fused-ring (bicyclic) bond motifs is 1. The van der Waals surface area contributed by atoms with Crippen LogP contribution in [0.25, 0.3) is 10.1 Å². The van der Waals surface area contributed by atoms with Crippen LogP contribution in [-0.2, 0) is 10.0 Å². The van der Waals surface area contributed by atoms with Gasteiger partial charge in [0.05, 0.1) is 11.9 Å². The average Bonchev–Trinajstić information content (AvgIpc) is 2.59. The van der Waals surface area contributed by atoms with Crippen LogP contribution in [0.2, 0.25) is 0 Å². The molecule has 0 amide bonds. The summed E-state index contributed by atoms with van der Waals surface area (Å²) in [6, 6.07) is 4.81. The molecule has 0 aliphatic heterocycles. The van der Waals surface area contributed by atoms with Crippen LogP contribution in [-0.4, -0.2) is 25.7 Å². The van der Waals surface area contributed by atoms with E-state index in [0.717, 1.165) is 22.3 Å². The summed E-state index contributed by atoms with van der Waals surface area (Å²) in [5, 5.41) is 9.58. The highest BCUT2D eigenvalue weighted by Gasteiger charge is 2.12. The standard InChI is InChI=1S/C10H8BrNO4S2/c1-18(15,16)12-7-2-5-3-9(10(13)14)17-8(5)4-6(7)11/h2-4,12H,1H3,(H,13,14). The van der Waals surface area contributed by atoms with E-state index in [1.807, 2.05) is 0 Å². The highest BCUT2D eigenvalue weighted by atomic mass is 79.9. The molecule has 0 aliphatic rings. The van der Waals surface area contributed by atoms with Gasteiger partial charge < -0.3 is 5.11 Å². The second-order valence-electron chi connectivity index (χ2n) is 3.66. The number of carbonyl (C=O) groups is 1. The number of hydrogen-bond donors (Lipinski definition) is 2. The summed E-state index contributed by atoms with van der Waals surface area (Å²) in [5.74, 6) is -0.995. The predicted molar refractivity (Wildman–Crippen MR) is 75.0 cm³/mol. The number of carboxylic acid groups (broad SMARTS) is 1. The lowest BCUT2D eigenvalue weighted by Crippen LogP contribution is -2.09. The van der Waals surface area contributed by atoms with E-state index in [4.69, 9.17) is 5.11 Å². The molecule has 0 saturated carbocycles. The van der Waals surface area contributed by atoms with Crippen LogP contribution in [0.1, 0.15) is 9.67 Å². The summed E-state index contributed by atoms with van der Waals surface area (Å²) >= 11 is 4.39. The van der Waals surface area contributed by atoms with E-state index in [0.29, 0.717) is 15.5 Å². The Labute approximate surface area is 116 Å². The maximum absolute atomic E-state index is 11.2. The number of halogens is 1. The zero-order valence-corrected chi connectivity index (χ0v) is 12.3. The third-order valence-corrected chi connectivity index (χ3v) is 4.44. The molecule has 0 spiro atoms. The number of anilines is 1. The highest BCUT2D eigenvalue weighted by Crippen LogP contribution is 2.34. The number of thiophene rings is 1. The van der Waals surface area contributed by atoms with Gasteiger partial charge in [-0.25, -0.2) is 13.2 Å². The Morgan fingerprint density at radius 2 is 2.06 bits per heavy atom. The summed E-state index contributed by atoms with van der Waals surface area (Å²) in [5.41, 5.74) is 0.389. The summed E-state index contributed by atoms with van der Waals surface area (Å²) in [7, 11) is -3.37. The van der Waals surface area contributed by atoms with Crippen LogP contribution < -0.4 is 4.72 Å². The number of nitrogens with one attached hydrogen (secondary N) is 1. The molecule has 96 valence electrons. The first kappa shape index (κ1) is 13.3. The van der Waals surface area contributed by atoms with Crippen molar-refractivity contribution in [2.75, 3.05) is 11.0 Å². The first-order valence-electron chi connectivity index (χ1n) is 4.70. The first-order valence-corrected chi connectivity index (χ1v) is 8.20. The second kappa shape index (κ2) is 4.52. The molecule has 2 aromatic rings. The van der Waals surface area contributed by atoms with Gasteiger partial charge in [0.2, 0.25) is 10.0 Å². The fraction of sp³-hybridized carbons (Fsp3) is 0.100. The summed E-state index contributed by atoms with van der Waals surface area (Å²) < 4.78 is 26.1. The van der Waals surface area contributed by atoms with Crippen molar-refractivity contribution in [2.24, 2.45) is 0 Å². The van der Waals surface area contributed by atoms with Crippen molar-refractivity contribution in [1.82, 2.24) is 0 Å². The normalized spacial score (nSPS) is 11.7. The fourth-order valence-electron chi connectivity index (χ4n) is 1.45. The number of carboxylic acids is 1. The van der Waals surface area contributed by atoms with Gasteiger partial charge in [-0.2, -0.15) is 0 Å². The molecule has 0 fully saturated rings. The number of rotatable bonds is 3. The molecule has 0 radical (unpaired) electrons. The number of benzene rings is 1. The van der Waals surface area contributed by atoms with Gasteiger partial charge in [-0.3, -0.25) is 4.72 Å². The Hall–Kier alpha value is -1.12. The molecule has 1 aromatic heterocycles. The Morgan fingerprint density at radius 1 is 1.39 bits per heavy atom. The van der Waals surface area contributed by atoms with E-state index in [-0.39, 0.29) is 4.88 Å². The fourth-order valence-corrected chi connectivity index (χ4v) is 3.66. The molecule has 18 heavy (non-hydrogen) atoms. The van der Waals surface area contributed by atoms with Crippen LogP contribution in [0, 0.1) is 0 Å². The molecule has 0 unspecified atom stereocenters. The molecule has 0 atom stereocenters. The average molecular weight is 350 g/mol. The van der Waals surface area contributed by atoms with E-state index in [1.54, 1.807) is 12.1 Å². The van der Waals surface area contributed by atoms with E-state index >= 15 is 0 Å². The van der Waals surface area contributed by atoms with Crippen molar-refractivity contribution in [2.45, 2.75) is 0 Å². The van der Waals surface area contributed by atoms with E-state index in [2.05, 4.69) is 20.7 Å². The lowest BCUT2D eigenvalue weighted by molar-refractivity contribution is 0.0702. The minimum atomic E-state index is -3.37. The molecular weight excluding hydrogens is 342 g/mol. The van der Waals surface area contributed by atoms with Crippen molar-refractivity contribution >= 4 is 59.0 Å². The molecule has 5 nitrogen and oxygen atoms in total. The van der Waals surface area contributed by atoms with Gasteiger partial charge in [0.25, 0.3) is 0 Å². The topological polar surface area (TPSA) is 83.5 Å². The Bertz CT molecular complexity index is 736. The minimum absolute atomic E-state index is 0.216. The van der Waals surface area contributed by atoms with Gasteiger partial charge in [0, 0.05) is 9.17 Å². The van der Waals surface area contributed by atoms with Gasteiger partial charge in [-0.05, 0) is 39.5 Å². The van der Waals surface area contributed by atoms with Gasteiger partial charge in [0.1, 0.15) is 4.88 Å². The maximum atomic E-state index is 11.2. The molecule has 2 N–H and O–H groups in total. The van der Waals surface area contributed by atoms with Crippen LogP contribution in [0.5, 0.6) is 0 Å². The van der Waals surface area contributed by atoms with Gasteiger partial charge in [-0.1, -0.05) is 0 Å². The number of hydrogen-bond acceptors (Lipinski definition) is 4. The van der Waals surface area contributed by atoms with Crippen molar-refractivity contribution in [1.29, 1.82) is 0 Å². The molecule has 0 aliphatic carbocycles. The predicted octanol–water partition coefficient (Wildman–Crippen LogP) is 2.73. The first-order chi connectivity index (χ1) is 8.26. The van der Waals surface area contributed by atoms with Gasteiger partial charge >= 0.3 is 5.97 Å². The molecule has 0 saturated heterocycles. The van der Waals surface area contributed by atoms with Crippen molar-refractivity contribution in [3.05, 3.63) is 27.5 Å². The molecule has 2 rings (SSSR count). The summed E-state index contributed by atoms with van der Waals surface area (Å²) in [4.78, 5) is 11.1. The van der Waals surface area contributed by atoms with E-state index in [9.17, 15) is 13.2 Å². The monoisotopic (exact) mass is 349 g/mol. The second-order valence-corrected chi connectivity index (χ2v) is 7.35. The Kier molecular flexibility index (Phi) is 3.35. The lowest BCUT2D eigenvalue weighted by atomic mass is 10.2. The van der Waals surface area contributed by atoms with Gasteiger partial charge in [0.15, 0.2) is 0 Å². The number of aromatic carboxylic acids is 1. The van der Waals surface area contributed by atoms with E-state index < -0.39 is 16.0 Å². The highest BCUT2D eigenvalue weighted by molar-refractivity contribution is 9.10. The largest absolute Gasteiger partial charge is 0.477 e. The lowest BCUT2D eigenvalue weighted by Gasteiger charge is -2.06. The molecule has 8 heteroatoms. The smallest absolute Gasteiger partial charge is 0.345 e. The summed E-state index contributed by atoms with van der Waals surface area (Å²) in [6.45, 7) is 0. The Morgan fingerprint density at radius 3 is 2.61 bits per heavy atom. The van der Waals surface area contributed by atoms with Crippen LogP contribution in [0.15, 0.2) is 22.7 Å². The molecule has 0 bridgehead atoms. The van der Waals surface area contributed by atoms with Gasteiger partial charge in [-0.15, -0.1) is 11.3 Å². The maximum Gasteiger partial charge on any atom is 0.345 e. The number of sulfonamides is 1. The quantitative estimate of drug-likeness (QED) is 0.892. The SMILES string of the molecule is CS(=O)(=O)Nc1cc2cc(C(=O)O)sc2cc1Br.